The molecule has 130 valence electrons. The number of carbonyl (C=O) groups is 1. The van der Waals surface area contributed by atoms with Crippen molar-refractivity contribution in [1.82, 2.24) is 25.2 Å². The third-order valence-electron chi connectivity index (χ3n) is 3.54. The predicted molar refractivity (Wildman–Crippen MR) is 96.7 cm³/mol. The van der Waals surface area contributed by atoms with Crippen LogP contribution in [0, 0.1) is 0 Å². The van der Waals surface area contributed by atoms with Crippen LogP contribution in [0.15, 0.2) is 24.0 Å². The fraction of sp³-hybridized carbons (Fsp3) is 0.500. The van der Waals surface area contributed by atoms with E-state index in [4.69, 9.17) is 0 Å². The van der Waals surface area contributed by atoms with Crippen LogP contribution in [0.1, 0.15) is 38.2 Å². The summed E-state index contributed by atoms with van der Waals surface area (Å²) in [7, 11) is 0. The lowest BCUT2D eigenvalue weighted by Crippen LogP contribution is -2.42. The average Bonchev–Trinajstić information content (AvgIpc) is 3.00. The fourth-order valence-electron chi connectivity index (χ4n) is 2.41. The Labute approximate surface area is 146 Å². The van der Waals surface area contributed by atoms with Crippen LogP contribution in [0.4, 0.5) is 10.9 Å². The Hall–Kier alpha value is -2.06. The molecule has 7 nitrogen and oxygen atoms in total. The van der Waals surface area contributed by atoms with Gasteiger partial charge in [-0.3, -0.25) is 9.69 Å². The lowest BCUT2D eigenvalue weighted by Gasteiger charge is -2.30. The van der Waals surface area contributed by atoms with Gasteiger partial charge in [-0.25, -0.2) is 15.0 Å². The van der Waals surface area contributed by atoms with Crippen LogP contribution in [0.2, 0.25) is 0 Å². The minimum absolute atomic E-state index is 0.158. The maximum absolute atomic E-state index is 12.2. The van der Waals surface area contributed by atoms with Crippen molar-refractivity contribution in [1.29, 1.82) is 0 Å². The summed E-state index contributed by atoms with van der Waals surface area (Å²) >= 11 is 1.37. The van der Waals surface area contributed by atoms with Gasteiger partial charge in [-0.2, -0.15) is 0 Å². The van der Waals surface area contributed by atoms with Gasteiger partial charge >= 0.3 is 0 Å². The van der Waals surface area contributed by atoms with E-state index in [0.29, 0.717) is 35.3 Å². The average molecular weight is 348 g/mol. The van der Waals surface area contributed by atoms with Crippen molar-refractivity contribution < 1.29 is 4.79 Å². The molecule has 0 saturated carbocycles. The first-order chi connectivity index (χ1) is 11.5. The van der Waals surface area contributed by atoms with Crippen molar-refractivity contribution in [2.75, 3.05) is 18.4 Å². The van der Waals surface area contributed by atoms with Gasteiger partial charge in [-0.15, -0.1) is 11.3 Å². The second-order valence-corrected chi connectivity index (χ2v) is 6.80. The molecule has 2 N–H and O–H groups in total. The highest BCUT2D eigenvalue weighted by atomic mass is 32.1. The largest absolute Gasteiger partial charge is 0.349 e. The number of carbonyl (C=O) groups excluding carboxylic acids is 1. The molecule has 0 fully saturated rings. The molecule has 0 aliphatic carbocycles. The lowest BCUT2D eigenvalue weighted by atomic mass is 10.2. The number of nitrogens with one attached hydrogen (secondary N) is 2. The van der Waals surface area contributed by atoms with E-state index in [-0.39, 0.29) is 5.91 Å². The van der Waals surface area contributed by atoms with Crippen molar-refractivity contribution in [3.05, 3.63) is 29.7 Å². The Kier molecular flexibility index (Phi) is 6.62. The second-order valence-electron chi connectivity index (χ2n) is 5.94. The summed E-state index contributed by atoms with van der Waals surface area (Å²) in [4.78, 5) is 26.7. The van der Waals surface area contributed by atoms with Crippen LogP contribution in [0.5, 0.6) is 0 Å². The molecule has 1 amide bonds. The van der Waals surface area contributed by atoms with Crippen LogP contribution in [-0.2, 0) is 0 Å². The number of hydrogen-bond donors (Lipinski definition) is 2. The molecule has 0 aliphatic heterocycles. The monoisotopic (exact) mass is 348 g/mol. The zero-order valence-electron chi connectivity index (χ0n) is 14.5. The van der Waals surface area contributed by atoms with Gasteiger partial charge in [0, 0.05) is 36.8 Å². The molecule has 0 saturated heterocycles. The van der Waals surface area contributed by atoms with E-state index in [1.807, 2.05) is 0 Å². The summed E-state index contributed by atoms with van der Waals surface area (Å²) in [5.74, 6) is 0.491. The molecule has 2 aromatic heterocycles. The van der Waals surface area contributed by atoms with Gasteiger partial charge in [0.15, 0.2) is 5.13 Å². The summed E-state index contributed by atoms with van der Waals surface area (Å²) in [5, 5.41) is 8.35. The maximum Gasteiger partial charge on any atom is 0.270 e. The first kappa shape index (κ1) is 18.3. The molecular weight excluding hydrogens is 324 g/mol. The number of thiazole rings is 1. The predicted octanol–water partition coefficient (Wildman–Crippen LogP) is 2.53. The first-order valence-electron chi connectivity index (χ1n) is 8.00. The molecule has 2 heterocycles. The number of rotatable bonds is 8. The van der Waals surface area contributed by atoms with Crippen molar-refractivity contribution >= 4 is 28.2 Å². The first-order valence-corrected chi connectivity index (χ1v) is 8.88. The fourth-order valence-corrected chi connectivity index (χ4v) is 3.11. The van der Waals surface area contributed by atoms with E-state index in [9.17, 15) is 4.79 Å². The van der Waals surface area contributed by atoms with E-state index in [1.165, 1.54) is 17.7 Å². The van der Waals surface area contributed by atoms with Crippen LogP contribution >= 0.6 is 11.3 Å². The van der Waals surface area contributed by atoms with Crippen LogP contribution in [0.3, 0.4) is 0 Å². The van der Waals surface area contributed by atoms with Gasteiger partial charge in [0.1, 0.15) is 17.8 Å². The third-order valence-corrected chi connectivity index (χ3v) is 4.29. The van der Waals surface area contributed by atoms with Gasteiger partial charge < -0.3 is 10.6 Å². The molecule has 2 aromatic rings. The summed E-state index contributed by atoms with van der Waals surface area (Å²) in [6.45, 7) is 10.1. The standard InChI is InChI=1S/C16H24N6OS/c1-11(2)22(12(3)4)8-7-18-15(23)13-9-24-16(20-13)21-14-5-6-17-10-19-14/h5-6,9-12H,7-8H2,1-4H3,(H,18,23)(H,17,19,20,21). The second kappa shape index (κ2) is 8.70. The molecule has 24 heavy (non-hydrogen) atoms. The summed E-state index contributed by atoms with van der Waals surface area (Å²) < 4.78 is 0. The van der Waals surface area contributed by atoms with E-state index < -0.39 is 0 Å². The third kappa shape index (κ3) is 5.24. The normalized spacial score (nSPS) is 11.3. The molecule has 0 aromatic carbocycles. The van der Waals surface area contributed by atoms with Gasteiger partial charge in [0.25, 0.3) is 5.91 Å². The van der Waals surface area contributed by atoms with Crippen LogP contribution < -0.4 is 10.6 Å². The molecule has 2 rings (SSSR count). The van der Waals surface area contributed by atoms with Gasteiger partial charge in [0.2, 0.25) is 0 Å². The molecule has 0 spiro atoms. The Bertz CT molecular complexity index is 635. The van der Waals surface area contributed by atoms with E-state index in [1.54, 1.807) is 17.6 Å². The van der Waals surface area contributed by atoms with E-state index >= 15 is 0 Å². The van der Waals surface area contributed by atoms with E-state index in [2.05, 4.69) is 58.2 Å². The highest BCUT2D eigenvalue weighted by Crippen LogP contribution is 2.19. The Balaban J connectivity index is 1.85. The Morgan fingerprint density at radius 2 is 2.04 bits per heavy atom. The van der Waals surface area contributed by atoms with Gasteiger partial charge in [0.05, 0.1) is 0 Å². The molecular formula is C16H24N6OS. The SMILES string of the molecule is CC(C)N(CCNC(=O)c1csc(Nc2ccncn2)n1)C(C)C. The number of nitrogens with zero attached hydrogens (tertiary/aromatic N) is 4. The number of aromatic nitrogens is 3. The molecule has 0 aliphatic rings. The van der Waals surface area contributed by atoms with Gasteiger partial charge in [-0.05, 0) is 33.8 Å². The number of hydrogen-bond acceptors (Lipinski definition) is 7. The zero-order valence-corrected chi connectivity index (χ0v) is 15.3. The van der Waals surface area contributed by atoms with Gasteiger partial charge in [-0.1, -0.05) is 0 Å². The Morgan fingerprint density at radius 1 is 1.29 bits per heavy atom. The summed E-state index contributed by atoms with van der Waals surface area (Å²) in [5.41, 5.74) is 0.414. The molecule has 0 unspecified atom stereocenters. The highest BCUT2D eigenvalue weighted by Gasteiger charge is 2.15. The Morgan fingerprint density at radius 3 is 2.67 bits per heavy atom. The van der Waals surface area contributed by atoms with Crippen LogP contribution in [0.25, 0.3) is 0 Å². The lowest BCUT2D eigenvalue weighted by molar-refractivity contribution is 0.0935. The molecule has 0 atom stereocenters. The molecule has 0 radical (unpaired) electrons. The van der Waals surface area contributed by atoms with E-state index in [0.717, 1.165) is 6.54 Å². The smallest absolute Gasteiger partial charge is 0.270 e. The maximum atomic E-state index is 12.2. The van der Waals surface area contributed by atoms with Crippen molar-refractivity contribution in [2.45, 2.75) is 39.8 Å². The summed E-state index contributed by atoms with van der Waals surface area (Å²) in [6.07, 6.45) is 3.10. The van der Waals surface area contributed by atoms with Crippen molar-refractivity contribution in [2.24, 2.45) is 0 Å². The minimum Gasteiger partial charge on any atom is -0.349 e. The van der Waals surface area contributed by atoms with Crippen LogP contribution in [-0.4, -0.2) is 50.9 Å². The highest BCUT2D eigenvalue weighted by molar-refractivity contribution is 7.14. The van der Waals surface area contributed by atoms with Crippen molar-refractivity contribution in [3.8, 4) is 0 Å². The number of amides is 1. The van der Waals surface area contributed by atoms with Crippen molar-refractivity contribution in [3.63, 3.8) is 0 Å². The zero-order chi connectivity index (χ0) is 17.5. The topological polar surface area (TPSA) is 83.0 Å². The molecule has 8 heteroatoms. The minimum atomic E-state index is -0.158. The molecule has 0 bridgehead atoms. The number of anilines is 2. The quantitative estimate of drug-likeness (QED) is 0.763. The summed E-state index contributed by atoms with van der Waals surface area (Å²) in [6, 6.07) is 2.64.